The van der Waals surface area contributed by atoms with Gasteiger partial charge in [-0.15, -0.1) is 0 Å². The largest absolute Gasteiger partial charge is 0.333 e. The van der Waals surface area contributed by atoms with Crippen LogP contribution in [0.5, 0.6) is 0 Å². The number of halogens is 3. The highest BCUT2D eigenvalue weighted by molar-refractivity contribution is 5.77. The molecule has 1 aromatic heterocycles. The van der Waals surface area contributed by atoms with Crippen molar-refractivity contribution in [3.8, 4) is 11.1 Å². The van der Waals surface area contributed by atoms with Gasteiger partial charge in [0.05, 0.1) is 11.8 Å². The average molecular weight is 240 g/mol. The van der Waals surface area contributed by atoms with Gasteiger partial charge in [-0.05, 0) is 17.7 Å². The molecule has 0 atom stereocenters. The summed E-state index contributed by atoms with van der Waals surface area (Å²) in [6.07, 6.45) is 2.71. The summed E-state index contributed by atoms with van der Waals surface area (Å²) in [6, 6.07) is 3.87. The Morgan fingerprint density at radius 2 is 2.06 bits per heavy atom. The van der Waals surface area contributed by atoms with E-state index in [1.165, 1.54) is 18.3 Å². The Kier molecular flexibility index (Phi) is 2.95. The van der Waals surface area contributed by atoms with Crippen LogP contribution in [0.4, 0.5) is 13.2 Å². The molecule has 88 valence electrons. The molecule has 6 heteroatoms. The number of aromatic nitrogens is 2. The number of benzene rings is 1. The zero-order valence-corrected chi connectivity index (χ0v) is 8.48. The first kappa shape index (κ1) is 11.4. The van der Waals surface area contributed by atoms with Gasteiger partial charge in [-0.3, -0.25) is 4.79 Å². The summed E-state index contributed by atoms with van der Waals surface area (Å²) in [5.41, 5.74) is 0.677. The third kappa shape index (κ3) is 2.20. The van der Waals surface area contributed by atoms with Crippen LogP contribution < -0.4 is 0 Å². The standard InChI is InChI=1S/C11H7F3N2O/c12-10-3-7(1-2-8(10)6-17)9-4-15-16(5-9)11(13)14/h1-6,11H. The molecule has 0 fully saturated rings. The third-order valence-corrected chi connectivity index (χ3v) is 2.26. The van der Waals surface area contributed by atoms with E-state index in [-0.39, 0.29) is 5.56 Å². The summed E-state index contributed by atoms with van der Waals surface area (Å²) in [4.78, 5) is 10.4. The van der Waals surface area contributed by atoms with E-state index in [9.17, 15) is 18.0 Å². The van der Waals surface area contributed by atoms with Gasteiger partial charge in [0.1, 0.15) is 5.82 Å². The smallest absolute Gasteiger partial charge is 0.298 e. The fraction of sp³-hybridized carbons (Fsp3) is 0.0909. The molecule has 0 saturated carbocycles. The van der Waals surface area contributed by atoms with Gasteiger partial charge in [0.15, 0.2) is 6.29 Å². The van der Waals surface area contributed by atoms with E-state index in [0.29, 0.717) is 22.1 Å². The Morgan fingerprint density at radius 1 is 1.29 bits per heavy atom. The molecule has 1 heterocycles. The van der Waals surface area contributed by atoms with E-state index in [4.69, 9.17) is 0 Å². The molecule has 17 heavy (non-hydrogen) atoms. The molecule has 0 amide bonds. The molecule has 3 nitrogen and oxygen atoms in total. The molecule has 0 saturated heterocycles. The number of hydrogen-bond acceptors (Lipinski definition) is 2. The quantitative estimate of drug-likeness (QED) is 0.773. The fourth-order valence-electron chi connectivity index (χ4n) is 1.40. The van der Waals surface area contributed by atoms with Crippen molar-refractivity contribution in [2.24, 2.45) is 0 Å². The number of carbonyl (C=O) groups excluding carboxylic acids is 1. The highest BCUT2D eigenvalue weighted by Gasteiger charge is 2.10. The van der Waals surface area contributed by atoms with Crippen molar-refractivity contribution in [1.29, 1.82) is 0 Å². The second kappa shape index (κ2) is 4.40. The molecule has 2 rings (SSSR count). The van der Waals surface area contributed by atoms with Gasteiger partial charge in [0, 0.05) is 11.8 Å². The first-order valence-electron chi connectivity index (χ1n) is 4.69. The summed E-state index contributed by atoms with van der Waals surface area (Å²) in [5, 5.41) is 3.44. The fourth-order valence-corrected chi connectivity index (χ4v) is 1.40. The number of carbonyl (C=O) groups is 1. The van der Waals surface area contributed by atoms with Crippen LogP contribution in [0.3, 0.4) is 0 Å². The van der Waals surface area contributed by atoms with Crippen LogP contribution in [0.1, 0.15) is 16.9 Å². The monoisotopic (exact) mass is 240 g/mol. The maximum absolute atomic E-state index is 13.3. The van der Waals surface area contributed by atoms with E-state index in [1.807, 2.05) is 0 Å². The molecule has 0 radical (unpaired) electrons. The predicted molar refractivity (Wildman–Crippen MR) is 54.3 cm³/mol. The molecule has 1 aromatic carbocycles. The number of hydrogen-bond donors (Lipinski definition) is 0. The van der Waals surface area contributed by atoms with Gasteiger partial charge in [-0.1, -0.05) is 6.07 Å². The Hall–Kier alpha value is -2.11. The summed E-state index contributed by atoms with van der Waals surface area (Å²) in [6.45, 7) is -2.73. The lowest BCUT2D eigenvalue weighted by atomic mass is 10.1. The van der Waals surface area contributed by atoms with E-state index < -0.39 is 12.4 Å². The van der Waals surface area contributed by atoms with Crippen molar-refractivity contribution in [3.05, 3.63) is 42.0 Å². The van der Waals surface area contributed by atoms with Crippen LogP contribution in [0, 0.1) is 5.82 Å². The number of rotatable bonds is 3. The van der Waals surface area contributed by atoms with E-state index in [0.717, 1.165) is 12.3 Å². The Balaban J connectivity index is 2.39. The number of aldehydes is 1. The molecule has 0 spiro atoms. The van der Waals surface area contributed by atoms with Gasteiger partial charge in [-0.2, -0.15) is 13.9 Å². The Labute approximate surface area is 94.5 Å². The molecule has 0 aliphatic rings. The topological polar surface area (TPSA) is 34.9 Å². The Bertz CT molecular complexity index is 551. The summed E-state index contributed by atoms with van der Waals surface area (Å²) < 4.78 is 38.3. The number of alkyl halides is 2. The van der Waals surface area contributed by atoms with E-state index in [1.54, 1.807) is 0 Å². The maximum atomic E-state index is 13.3. The van der Waals surface area contributed by atoms with Crippen molar-refractivity contribution >= 4 is 6.29 Å². The second-order valence-electron chi connectivity index (χ2n) is 3.34. The molecule has 0 N–H and O–H groups in total. The Morgan fingerprint density at radius 3 is 2.59 bits per heavy atom. The van der Waals surface area contributed by atoms with Crippen LogP contribution >= 0.6 is 0 Å². The predicted octanol–water partition coefficient (Wildman–Crippen LogP) is 2.90. The highest BCUT2D eigenvalue weighted by atomic mass is 19.3. The lowest BCUT2D eigenvalue weighted by Gasteiger charge is -1.99. The van der Waals surface area contributed by atoms with Gasteiger partial charge in [0.2, 0.25) is 0 Å². The lowest BCUT2D eigenvalue weighted by Crippen LogP contribution is -1.96. The highest BCUT2D eigenvalue weighted by Crippen LogP contribution is 2.22. The zero-order valence-electron chi connectivity index (χ0n) is 8.48. The summed E-state index contributed by atoms with van der Waals surface area (Å²) in [7, 11) is 0. The SMILES string of the molecule is O=Cc1ccc(-c2cnn(C(F)F)c2)cc1F. The maximum Gasteiger partial charge on any atom is 0.333 e. The third-order valence-electron chi connectivity index (χ3n) is 2.26. The molecule has 0 unspecified atom stereocenters. The van der Waals surface area contributed by atoms with Crippen molar-refractivity contribution in [1.82, 2.24) is 9.78 Å². The molecule has 2 aromatic rings. The van der Waals surface area contributed by atoms with Crippen LogP contribution in [0.2, 0.25) is 0 Å². The second-order valence-corrected chi connectivity index (χ2v) is 3.34. The lowest BCUT2D eigenvalue weighted by molar-refractivity contribution is 0.0566. The van der Waals surface area contributed by atoms with Gasteiger partial charge >= 0.3 is 6.55 Å². The van der Waals surface area contributed by atoms with Gasteiger partial charge < -0.3 is 0 Å². The van der Waals surface area contributed by atoms with Crippen molar-refractivity contribution < 1.29 is 18.0 Å². The summed E-state index contributed by atoms with van der Waals surface area (Å²) >= 11 is 0. The molecule has 0 aliphatic carbocycles. The molecule has 0 aliphatic heterocycles. The number of nitrogens with zero attached hydrogens (tertiary/aromatic N) is 2. The van der Waals surface area contributed by atoms with Crippen molar-refractivity contribution in [2.75, 3.05) is 0 Å². The van der Waals surface area contributed by atoms with Gasteiger partial charge in [-0.25, -0.2) is 9.07 Å². The first-order chi connectivity index (χ1) is 8.11. The molecular formula is C11H7F3N2O. The summed E-state index contributed by atoms with van der Waals surface area (Å²) in [5.74, 6) is -0.692. The van der Waals surface area contributed by atoms with Crippen LogP contribution in [0.15, 0.2) is 30.6 Å². The van der Waals surface area contributed by atoms with Crippen molar-refractivity contribution in [3.63, 3.8) is 0 Å². The van der Waals surface area contributed by atoms with E-state index in [2.05, 4.69) is 5.10 Å². The minimum atomic E-state index is -2.73. The van der Waals surface area contributed by atoms with Crippen LogP contribution in [0.25, 0.3) is 11.1 Å². The zero-order chi connectivity index (χ0) is 12.4. The average Bonchev–Trinajstić information content (AvgIpc) is 2.78. The van der Waals surface area contributed by atoms with Crippen LogP contribution in [-0.2, 0) is 0 Å². The molecular weight excluding hydrogens is 233 g/mol. The normalized spacial score (nSPS) is 10.8. The minimum Gasteiger partial charge on any atom is -0.298 e. The van der Waals surface area contributed by atoms with Crippen molar-refractivity contribution in [2.45, 2.75) is 6.55 Å². The first-order valence-corrected chi connectivity index (χ1v) is 4.69. The van der Waals surface area contributed by atoms with E-state index >= 15 is 0 Å². The van der Waals surface area contributed by atoms with Gasteiger partial charge in [0.25, 0.3) is 0 Å². The molecule has 0 bridgehead atoms. The minimum absolute atomic E-state index is 0.0741. The van der Waals surface area contributed by atoms with Crippen LogP contribution in [-0.4, -0.2) is 16.1 Å².